The summed E-state index contributed by atoms with van der Waals surface area (Å²) >= 11 is 0. The molecule has 3 heteroatoms. The van der Waals surface area contributed by atoms with E-state index < -0.39 is 0 Å². The molecule has 3 nitrogen and oxygen atoms in total. The third kappa shape index (κ3) is 2.96. The molecule has 1 aliphatic heterocycles. The van der Waals surface area contributed by atoms with Crippen molar-refractivity contribution < 1.29 is 4.74 Å². The first kappa shape index (κ1) is 12.3. The highest BCUT2D eigenvalue weighted by Crippen LogP contribution is 2.30. The molecule has 2 rings (SSSR count). The summed E-state index contributed by atoms with van der Waals surface area (Å²) in [6.45, 7) is 9.59. The Balaban J connectivity index is 1.94. The molecule has 0 aromatic heterocycles. The van der Waals surface area contributed by atoms with Crippen LogP contribution in [0.3, 0.4) is 0 Å². The van der Waals surface area contributed by atoms with Gasteiger partial charge in [0.2, 0.25) is 0 Å². The Labute approximate surface area is 99.3 Å². The van der Waals surface area contributed by atoms with E-state index in [1.807, 2.05) is 0 Å². The van der Waals surface area contributed by atoms with Crippen molar-refractivity contribution in [3.8, 4) is 0 Å². The maximum Gasteiger partial charge on any atom is 0.0757 e. The average Bonchev–Trinajstić information content (AvgIpc) is 2.47. The van der Waals surface area contributed by atoms with Gasteiger partial charge < -0.3 is 10.5 Å². The van der Waals surface area contributed by atoms with Crippen LogP contribution in [0.2, 0.25) is 0 Å². The van der Waals surface area contributed by atoms with Crippen molar-refractivity contribution in [1.82, 2.24) is 4.90 Å². The Hall–Kier alpha value is -0.120. The van der Waals surface area contributed by atoms with E-state index in [1.54, 1.807) is 0 Å². The van der Waals surface area contributed by atoms with Crippen LogP contribution in [0.25, 0.3) is 0 Å². The monoisotopic (exact) mass is 226 g/mol. The second-order valence-electron chi connectivity index (χ2n) is 6.43. The number of ether oxygens (including phenoxy) is 1. The molecule has 0 bridgehead atoms. The lowest BCUT2D eigenvalue weighted by molar-refractivity contribution is -0.131. The molecule has 0 aromatic carbocycles. The van der Waals surface area contributed by atoms with E-state index in [0.29, 0.717) is 6.10 Å². The summed E-state index contributed by atoms with van der Waals surface area (Å²) in [5, 5.41) is 0. The van der Waals surface area contributed by atoms with Gasteiger partial charge in [-0.05, 0) is 33.6 Å². The van der Waals surface area contributed by atoms with Crippen LogP contribution < -0.4 is 5.73 Å². The zero-order valence-corrected chi connectivity index (χ0v) is 11.0. The van der Waals surface area contributed by atoms with E-state index in [4.69, 9.17) is 10.5 Å². The van der Waals surface area contributed by atoms with Gasteiger partial charge in [-0.2, -0.15) is 0 Å². The SMILES string of the molecule is CC1CN(CC2(N)CCCC2)CC(C)(C)O1. The molecule has 2 fully saturated rings. The van der Waals surface area contributed by atoms with Crippen molar-refractivity contribution in [3.05, 3.63) is 0 Å². The predicted octanol–water partition coefficient (Wildman–Crippen LogP) is 1.76. The molecular formula is C13H26N2O. The third-order valence-electron chi connectivity index (χ3n) is 3.78. The van der Waals surface area contributed by atoms with Gasteiger partial charge in [-0.15, -0.1) is 0 Å². The highest BCUT2D eigenvalue weighted by molar-refractivity contribution is 4.94. The van der Waals surface area contributed by atoms with Gasteiger partial charge in [0.05, 0.1) is 11.7 Å². The Morgan fingerprint density at radius 3 is 2.50 bits per heavy atom. The molecule has 16 heavy (non-hydrogen) atoms. The highest BCUT2D eigenvalue weighted by atomic mass is 16.5. The maximum absolute atomic E-state index is 6.44. The summed E-state index contributed by atoms with van der Waals surface area (Å²) in [5.74, 6) is 0. The Kier molecular flexibility index (Phi) is 3.30. The Morgan fingerprint density at radius 1 is 1.31 bits per heavy atom. The van der Waals surface area contributed by atoms with Crippen molar-refractivity contribution in [2.24, 2.45) is 5.73 Å². The molecule has 2 aliphatic rings. The van der Waals surface area contributed by atoms with E-state index in [2.05, 4.69) is 25.7 Å². The molecule has 1 saturated carbocycles. The minimum atomic E-state index is -0.0212. The number of hydrogen-bond donors (Lipinski definition) is 1. The summed E-state index contributed by atoms with van der Waals surface area (Å²) in [5.41, 5.74) is 6.50. The Morgan fingerprint density at radius 2 is 1.94 bits per heavy atom. The predicted molar refractivity (Wildman–Crippen MR) is 66.5 cm³/mol. The maximum atomic E-state index is 6.44. The summed E-state index contributed by atoms with van der Waals surface area (Å²) in [6, 6.07) is 0. The van der Waals surface area contributed by atoms with E-state index in [0.717, 1.165) is 19.6 Å². The standard InChI is InChI=1S/C13H26N2O/c1-11-8-15(9-12(2,3)16-11)10-13(14)6-4-5-7-13/h11H,4-10,14H2,1-3H3. The first-order valence-corrected chi connectivity index (χ1v) is 6.58. The summed E-state index contributed by atoms with van der Waals surface area (Å²) in [4.78, 5) is 2.50. The van der Waals surface area contributed by atoms with Gasteiger partial charge in [-0.25, -0.2) is 0 Å². The fourth-order valence-corrected chi connectivity index (χ4v) is 3.39. The lowest BCUT2D eigenvalue weighted by atomic mass is 9.96. The van der Waals surface area contributed by atoms with Crippen LogP contribution in [-0.4, -0.2) is 41.8 Å². The van der Waals surface area contributed by atoms with Crippen molar-refractivity contribution in [2.45, 2.75) is 63.7 Å². The molecule has 1 saturated heterocycles. The highest BCUT2D eigenvalue weighted by Gasteiger charge is 2.37. The molecule has 1 heterocycles. The molecule has 1 unspecified atom stereocenters. The normalized spacial score (nSPS) is 34.1. The van der Waals surface area contributed by atoms with E-state index in [1.165, 1.54) is 25.7 Å². The van der Waals surface area contributed by atoms with E-state index in [9.17, 15) is 0 Å². The van der Waals surface area contributed by atoms with Gasteiger partial charge in [-0.1, -0.05) is 12.8 Å². The van der Waals surface area contributed by atoms with Crippen molar-refractivity contribution in [2.75, 3.05) is 19.6 Å². The van der Waals surface area contributed by atoms with Crippen LogP contribution in [-0.2, 0) is 4.74 Å². The first-order valence-electron chi connectivity index (χ1n) is 6.58. The zero-order valence-electron chi connectivity index (χ0n) is 11.0. The van der Waals surface area contributed by atoms with Gasteiger partial charge in [0.1, 0.15) is 0 Å². The van der Waals surface area contributed by atoms with Crippen LogP contribution in [0.1, 0.15) is 46.5 Å². The summed E-state index contributed by atoms with van der Waals surface area (Å²) < 4.78 is 5.92. The Bertz CT molecular complexity index is 246. The van der Waals surface area contributed by atoms with Crippen molar-refractivity contribution >= 4 is 0 Å². The zero-order chi connectivity index (χ0) is 11.8. The number of nitrogens with two attached hydrogens (primary N) is 1. The molecule has 2 N–H and O–H groups in total. The number of morpholine rings is 1. The minimum Gasteiger partial charge on any atom is -0.370 e. The van der Waals surface area contributed by atoms with Crippen LogP contribution >= 0.6 is 0 Å². The van der Waals surface area contributed by atoms with Crippen LogP contribution in [0.5, 0.6) is 0 Å². The second kappa shape index (κ2) is 4.28. The smallest absolute Gasteiger partial charge is 0.0757 e. The fraction of sp³-hybridized carbons (Fsp3) is 1.00. The minimum absolute atomic E-state index is 0.0212. The largest absolute Gasteiger partial charge is 0.370 e. The molecule has 1 atom stereocenters. The topological polar surface area (TPSA) is 38.5 Å². The molecule has 0 amide bonds. The van der Waals surface area contributed by atoms with Gasteiger partial charge >= 0.3 is 0 Å². The lowest BCUT2D eigenvalue weighted by Gasteiger charge is -2.44. The van der Waals surface area contributed by atoms with Crippen LogP contribution in [0, 0.1) is 0 Å². The quantitative estimate of drug-likeness (QED) is 0.779. The summed E-state index contributed by atoms with van der Waals surface area (Å²) in [6.07, 6.45) is 5.33. The number of nitrogens with zero attached hydrogens (tertiary/aromatic N) is 1. The van der Waals surface area contributed by atoms with Gasteiger partial charge in [0, 0.05) is 25.2 Å². The van der Waals surface area contributed by atoms with Gasteiger partial charge in [0.15, 0.2) is 0 Å². The molecule has 0 spiro atoms. The fourth-order valence-electron chi connectivity index (χ4n) is 3.39. The molecule has 1 aliphatic carbocycles. The lowest BCUT2D eigenvalue weighted by Crippen LogP contribution is -2.57. The van der Waals surface area contributed by atoms with Gasteiger partial charge in [0.25, 0.3) is 0 Å². The van der Waals surface area contributed by atoms with Gasteiger partial charge in [-0.3, -0.25) is 4.90 Å². The summed E-state index contributed by atoms with van der Waals surface area (Å²) in [7, 11) is 0. The van der Waals surface area contributed by atoms with Crippen LogP contribution in [0.4, 0.5) is 0 Å². The second-order valence-corrected chi connectivity index (χ2v) is 6.43. The third-order valence-corrected chi connectivity index (χ3v) is 3.78. The van der Waals surface area contributed by atoms with E-state index >= 15 is 0 Å². The van der Waals surface area contributed by atoms with Crippen molar-refractivity contribution in [1.29, 1.82) is 0 Å². The van der Waals surface area contributed by atoms with E-state index in [-0.39, 0.29) is 11.1 Å². The average molecular weight is 226 g/mol. The van der Waals surface area contributed by atoms with Crippen LogP contribution in [0.15, 0.2) is 0 Å². The molecule has 94 valence electrons. The molecule has 0 radical (unpaired) electrons. The number of rotatable bonds is 2. The first-order chi connectivity index (χ1) is 7.39. The van der Waals surface area contributed by atoms with Crippen molar-refractivity contribution in [3.63, 3.8) is 0 Å². The molecular weight excluding hydrogens is 200 g/mol. The number of hydrogen-bond acceptors (Lipinski definition) is 3. The molecule has 0 aromatic rings.